The Hall–Kier alpha value is -1.88. The first-order chi connectivity index (χ1) is 9.10. The van der Waals surface area contributed by atoms with Crippen molar-refractivity contribution in [3.63, 3.8) is 0 Å². The van der Waals surface area contributed by atoms with Gasteiger partial charge in [-0.15, -0.1) is 0 Å². The van der Waals surface area contributed by atoms with Crippen molar-refractivity contribution in [3.8, 4) is 11.6 Å². The van der Waals surface area contributed by atoms with Crippen LogP contribution in [0.3, 0.4) is 0 Å². The van der Waals surface area contributed by atoms with Gasteiger partial charge in [0.1, 0.15) is 5.75 Å². The number of aryl methyl sites for hydroxylation is 1. The smallest absolute Gasteiger partial charge is 0.260 e. The molecule has 0 aliphatic carbocycles. The van der Waals surface area contributed by atoms with Gasteiger partial charge < -0.3 is 10.1 Å². The molecule has 4 nitrogen and oxygen atoms in total. The summed E-state index contributed by atoms with van der Waals surface area (Å²) in [7, 11) is 0. The summed E-state index contributed by atoms with van der Waals surface area (Å²) in [6.07, 6.45) is 1.07. The Kier molecular flexibility index (Phi) is 4.16. The number of hydrogen-bond donors (Lipinski definition) is 1. The average Bonchev–Trinajstić information content (AvgIpc) is 2.38. The van der Waals surface area contributed by atoms with Crippen molar-refractivity contribution in [2.75, 3.05) is 11.9 Å². The van der Waals surface area contributed by atoms with Crippen LogP contribution in [0.15, 0.2) is 24.4 Å². The molecule has 0 spiro atoms. The lowest BCUT2D eigenvalue weighted by Gasteiger charge is -2.08. The number of nitrogens with zero attached hydrogens (tertiary/aromatic N) is 2. The number of hydrogen-bond acceptors (Lipinski definition) is 4. The van der Waals surface area contributed by atoms with Gasteiger partial charge in [0.25, 0.3) is 5.88 Å². The van der Waals surface area contributed by atoms with Crippen LogP contribution in [0.1, 0.15) is 12.5 Å². The molecule has 1 heterocycles. The predicted octanol–water partition coefficient (Wildman–Crippen LogP) is 3.80. The van der Waals surface area contributed by atoms with Crippen LogP contribution < -0.4 is 10.1 Å². The molecule has 2 aromatic rings. The zero-order chi connectivity index (χ0) is 13.8. The van der Waals surface area contributed by atoms with Gasteiger partial charge in [0.15, 0.2) is 0 Å². The number of anilines is 1. The number of aromatic nitrogens is 2. The van der Waals surface area contributed by atoms with Crippen molar-refractivity contribution in [2.45, 2.75) is 13.8 Å². The number of rotatable bonds is 4. The molecule has 2 rings (SSSR count). The molecule has 0 bridgehead atoms. The van der Waals surface area contributed by atoms with Crippen LogP contribution in [0.5, 0.6) is 11.6 Å². The zero-order valence-corrected chi connectivity index (χ0v) is 11.3. The van der Waals surface area contributed by atoms with E-state index in [-0.39, 0.29) is 5.88 Å². The highest BCUT2D eigenvalue weighted by Crippen LogP contribution is 2.26. The van der Waals surface area contributed by atoms with E-state index in [0.29, 0.717) is 23.3 Å². The third-order valence-electron chi connectivity index (χ3n) is 2.39. The maximum Gasteiger partial charge on any atom is 0.260 e. The van der Waals surface area contributed by atoms with E-state index >= 15 is 0 Å². The Morgan fingerprint density at radius 2 is 2.21 bits per heavy atom. The van der Waals surface area contributed by atoms with Gasteiger partial charge in [-0.2, -0.15) is 9.37 Å². The molecular weight excluding hydrogens is 269 g/mol. The quantitative estimate of drug-likeness (QED) is 0.926. The van der Waals surface area contributed by atoms with Gasteiger partial charge in [0.2, 0.25) is 11.8 Å². The standard InChI is InChI=1S/C13H13ClFN3O/c1-3-16-13-17-7-11(15)12(18-13)19-9-4-5-10(14)8(2)6-9/h4-7H,3H2,1-2H3,(H,16,17,18). The molecule has 0 aliphatic rings. The third-order valence-corrected chi connectivity index (χ3v) is 2.81. The maximum atomic E-state index is 13.6. The molecular formula is C13H13ClFN3O. The normalized spacial score (nSPS) is 10.3. The van der Waals surface area contributed by atoms with Crippen LogP contribution in [-0.2, 0) is 0 Å². The van der Waals surface area contributed by atoms with Crippen LogP contribution in [0.4, 0.5) is 10.3 Å². The second kappa shape index (κ2) is 5.84. The Labute approximate surface area is 115 Å². The van der Waals surface area contributed by atoms with Gasteiger partial charge in [0.05, 0.1) is 6.20 Å². The summed E-state index contributed by atoms with van der Waals surface area (Å²) in [4.78, 5) is 7.76. The van der Waals surface area contributed by atoms with Crippen LogP contribution in [0.2, 0.25) is 5.02 Å². The van der Waals surface area contributed by atoms with E-state index < -0.39 is 5.82 Å². The second-order valence-corrected chi connectivity index (χ2v) is 4.30. The number of nitrogens with one attached hydrogen (secondary N) is 1. The molecule has 1 aromatic carbocycles. The zero-order valence-electron chi connectivity index (χ0n) is 10.6. The summed E-state index contributed by atoms with van der Waals surface area (Å²) in [6, 6.07) is 5.07. The van der Waals surface area contributed by atoms with Crippen molar-refractivity contribution in [3.05, 3.63) is 40.8 Å². The fraction of sp³-hybridized carbons (Fsp3) is 0.231. The van der Waals surface area contributed by atoms with E-state index in [2.05, 4.69) is 15.3 Å². The van der Waals surface area contributed by atoms with Crippen LogP contribution >= 0.6 is 11.6 Å². The minimum Gasteiger partial charge on any atom is -0.436 e. The number of halogens is 2. The molecule has 0 saturated heterocycles. The Morgan fingerprint density at radius 1 is 1.42 bits per heavy atom. The first-order valence-corrected chi connectivity index (χ1v) is 6.18. The summed E-state index contributed by atoms with van der Waals surface area (Å²) in [5.74, 6) is 0.0634. The third kappa shape index (κ3) is 3.32. The molecule has 6 heteroatoms. The lowest BCUT2D eigenvalue weighted by Crippen LogP contribution is -2.04. The van der Waals surface area contributed by atoms with E-state index in [1.807, 2.05) is 13.8 Å². The highest BCUT2D eigenvalue weighted by atomic mass is 35.5. The molecule has 1 aromatic heterocycles. The monoisotopic (exact) mass is 281 g/mol. The lowest BCUT2D eigenvalue weighted by atomic mass is 10.2. The fourth-order valence-corrected chi connectivity index (χ4v) is 1.58. The number of ether oxygens (including phenoxy) is 1. The highest BCUT2D eigenvalue weighted by molar-refractivity contribution is 6.31. The van der Waals surface area contributed by atoms with E-state index in [4.69, 9.17) is 16.3 Å². The van der Waals surface area contributed by atoms with Gasteiger partial charge in [-0.1, -0.05) is 11.6 Å². The fourth-order valence-electron chi connectivity index (χ4n) is 1.46. The molecule has 1 N–H and O–H groups in total. The topological polar surface area (TPSA) is 47.0 Å². The summed E-state index contributed by atoms with van der Waals surface area (Å²) < 4.78 is 19.0. The molecule has 0 aliphatic heterocycles. The maximum absolute atomic E-state index is 13.6. The summed E-state index contributed by atoms with van der Waals surface area (Å²) in [5, 5.41) is 3.52. The first-order valence-electron chi connectivity index (χ1n) is 5.80. The van der Waals surface area contributed by atoms with Crippen LogP contribution in [0, 0.1) is 12.7 Å². The van der Waals surface area contributed by atoms with Gasteiger partial charge in [0, 0.05) is 11.6 Å². The molecule has 0 atom stereocenters. The second-order valence-electron chi connectivity index (χ2n) is 3.89. The van der Waals surface area contributed by atoms with Gasteiger partial charge in [-0.3, -0.25) is 0 Å². The minimum atomic E-state index is -0.616. The van der Waals surface area contributed by atoms with Crippen molar-refractivity contribution < 1.29 is 9.13 Å². The summed E-state index contributed by atoms with van der Waals surface area (Å²) in [5.41, 5.74) is 0.848. The van der Waals surface area contributed by atoms with Crippen molar-refractivity contribution in [2.24, 2.45) is 0 Å². The Balaban J connectivity index is 2.26. The SMILES string of the molecule is CCNc1ncc(F)c(Oc2ccc(Cl)c(C)c2)n1. The molecule has 19 heavy (non-hydrogen) atoms. The Bertz CT molecular complexity index is 592. The lowest BCUT2D eigenvalue weighted by molar-refractivity contribution is 0.420. The Morgan fingerprint density at radius 3 is 2.89 bits per heavy atom. The molecule has 0 saturated carbocycles. The largest absolute Gasteiger partial charge is 0.436 e. The van der Waals surface area contributed by atoms with Crippen molar-refractivity contribution in [1.82, 2.24) is 9.97 Å². The number of benzene rings is 1. The van der Waals surface area contributed by atoms with E-state index in [9.17, 15) is 4.39 Å². The van der Waals surface area contributed by atoms with E-state index in [1.54, 1.807) is 18.2 Å². The summed E-state index contributed by atoms with van der Waals surface area (Å²) in [6.45, 7) is 4.39. The van der Waals surface area contributed by atoms with Gasteiger partial charge in [-0.25, -0.2) is 4.98 Å². The van der Waals surface area contributed by atoms with Crippen LogP contribution in [0.25, 0.3) is 0 Å². The molecule has 0 amide bonds. The van der Waals surface area contributed by atoms with Gasteiger partial charge >= 0.3 is 0 Å². The average molecular weight is 282 g/mol. The highest BCUT2D eigenvalue weighted by Gasteiger charge is 2.09. The van der Waals surface area contributed by atoms with E-state index in [0.717, 1.165) is 11.8 Å². The van der Waals surface area contributed by atoms with Crippen molar-refractivity contribution in [1.29, 1.82) is 0 Å². The summed E-state index contributed by atoms with van der Waals surface area (Å²) >= 11 is 5.92. The van der Waals surface area contributed by atoms with Crippen LogP contribution in [-0.4, -0.2) is 16.5 Å². The molecule has 0 fully saturated rings. The van der Waals surface area contributed by atoms with Crippen molar-refractivity contribution >= 4 is 17.5 Å². The van der Waals surface area contributed by atoms with E-state index in [1.165, 1.54) is 0 Å². The molecule has 100 valence electrons. The minimum absolute atomic E-state index is 0.118. The van der Waals surface area contributed by atoms with Gasteiger partial charge in [-0.05, 0) is 37.6 Å². The predicted molar refractivity (Wildman–Crippen MR) is 72.4 cm³/mol. The first kappa shape index (κ1) is 13.5. The molecule has 0 unspecified atom stereocenters. The molecule has 0 radical (unpaired) electrons.